The molecule has 3 rings (SSSR count). The SMILES string of the molecule is O=C1OC(c2ccccc2)=CCN1OCc1ccccc1. The Hall–Kier alpha value is -2.59. The van der Waals surface area contributed by atoms with E-state index >= 15 is 0 Å². The van der Waals surface area contributed by atoms with Gasteiger partial charge in [0.2, 0.25) is 0 Å². The lowest BCUT2D eigenvalue weighted by atomic mass is 10.2. The smallest absolute Gasteiger partial charge is 0.408 e. The molecule has 0 aromatic heterocycles. The van der Waals surface area contributed by atoms with Crippen molar-refractivity contribution in [1.29, 1.82) is 0 Å². The number of ether oxygens (including phenoxy) is 1. The Bertz CT molecular complexity index is 638. The molecule has 0 unspecified atom stereocenters. The largest absolute Gasteiger partial charge is 0.439 e. The molecule has 1 aliphatic rings. The number of amides is 1. The van der Waals surface area contributed by atoms with E-state index in [1.165, 1.54) is 5.06 Å². The number of hydrogen-bond donors (Lipinski definition) is 0. The van der Waals surface area contributed by atoms with Crippen molar-refractivity contribution in [1.82, 2.24) is 5.06 Å². The molecule has 0 atom stereocenters. The van der Waals surface area contributed by atoms with Gasteiger partial charge in [0.15, 0.2) is 0 Å². The fourth-order valence-corrected chi connectivity index (χ4v) is 2.04. The predicted octanol–water partition coefficient (Wildman–Crippen LogP) is 3.61. The Morgan fingerprint density at radius 1 is 1.00 bits per heavy atom. The van der Waals surface area contributed by atoms with Crippen LogP contribution in [-0.4, -0.2) is 17.7 Å². The van der Waals surface area contributed by atoms with Crippen molar-refractivity contribution in [2.75, 3.05) is 6.54 Å². The normalized spacial score (nSPS) is 14.6. The van der Waals surface area contributed by atoms with Crippen LogP contribution in [0.1, 0.15) is 11.1 Å². The van der Waals surface area contributed by atoms with Gasteiger partial charge in [-0.3, -0.25) is 4.84 Å². The lowest BCUT2D eigenvalue weighted by Crippen LogP contribution is -2.34. The third kappa shape index (κ3) is 3.30. The summed E-state index contributed by atoms with van der Waals surface area (Å²) in [5.74, 6) is 0.570. The van der Waals surface area contributed by atoms with Gasteiger partial charge < -0.3 is 4.74 Å². The van der Waals surface area contributed by atoms with Gasteiger partial charge in [-0.1, -0.05) is 60.7 Å². The third-order valence-electron chi connectivity index (χ3n) is 3.13. The third-order valence-corrected chi connectivity index (χ3v) is 3.13. The summed E-state index contributed by atoms with van der Waals surface area (Å²) < 4.78 is 5.30. The summed E-state index contributed by atoms with van der Waals surface area (Å²) in [5, 5.41) is 1.22. The second kappa shape index (κ2) is 6.24. The molecule has 106 valence electrons. The molecule has 1 aliphatic heterocycles. The molecule has 0 bridgehead atoms. The summed E-state index contributed by atoms with van der Waals surface area (Å²) in [5.41, 5.74) is 1.89. The number of carbonyl (C=O) groups is 1. The first kappa shape index (κ1) is 13.4. The van der Waals surface area contributed by atoms with Crippen molar-refractivity contribution in [2.24, 2.45) is 0 Å². The van der Waals surface area contributed by atoms with Crippen molar-refractivity contribution in [3.05, 3.63) is 77.9 Å². The molecule has 0 saturated heterocycles. The first-order valence-corrected chi connectivity index (χ1v) is 6.75. The lowest BCUT2D eigenvalue weighted by Gasteiger charge is -2.25. The molecule has 0 N–H and O–H groups in total. The fraction of sp³-hybridized carbons (Fsp3) is 0.118. The standard InChI is InChI=1S/C17H15NO3/c19-17-18(20-13-14-7-3-1-4-8-14)12-11-16(21-17)15-9-5-2-6-10-15/h1-11H,12-13H2. The summed E-state index contributed by atoms with van der Waals surface area (Å²) >= 11 is 0. The molecular formula is C17H15NO3. The molecule has 4 heteroatoms. The van der Waals surface area contributed by atoms with Crippen LogP contribution in [0.25, 0.3) is 5.76 Å². The van der Waals surface area contributed by atoms with Crippen LogP contribution in [0.15, 0.2) is 66.7 Å². The summed E-state index contributed by atoms with van der Waals surface area (Å²) in [6.07, 6.45) is 1.34. The second-order valence-corrected chi connectivity index (χ2v) is 4.62. The van der Waals surface area contributed by atoms with E-state index in [1.807, 2.05) is 66.7 Å². The highest BCUT2D eigenvalue weighted by Gasteiger charge is 2.23. The number of rotatable bonds is 4. The van der Waals surface area contributed by atoms with E-state index in [-0.39, 0.29) is 0 Å². The van der Waals surface area contributed by atoms with E-state index in [2.05, 4.69) is 0 Å². The van der Waals surface area contributed by atoms with Crippen LogP contribution < -0.4 is 0 Å². The average molecular weight is 281 g/mol. The lowest BCUT2D eigenvalue weighted by molar-refractivity contribution is -0.137. The predicted molar refractivity (Wildman–Crippen MR) is 78.8 cm³/mol. The van der Waals surface area contributed by atoms with E-state index in [9.17, 15) is 4.79 Å². The second-order valence-electron chi connectivity index (χ2n) is 4.62. The maximum Gasteiger partial charge on any atom is 0.439 e. The van der Waals surface area contributed by atoms with Crippen LogP contribution in [0.5, 0.6) is 0 Å². The van der Waals surface area contributed by atoms with E-state index in [4.69, 9.17) is 9.57 Å². The summed E-state index contributed by atoms with van der Waals surface area (Å²) in [7, 11) is 0. The molecule has 0 aliphatic carbocycles. The number of carbonyl (C=O) groups excluding carboxylic acids is 1. The van der Waals surface area contributed by atoms with Gasteiger partial charge in [0, 0.05) is 5.56 Å². The Balaban J connectivity index is 1.63. The van der Waals surface area contributed by atoms with Gasteiger partial charge in [0.25, 0.3) is 0 Å². The maximum absolute atomic E-state index is 11.9. The Labute approximate surface area is 123 Å². The van der Waals surface area contributed by atoms with Crippen molar-refractivity contribution in [2.45, 2.75) is 6.61 Å². The van der Waals surface area contributed by atoms with Crippen LogP contribution in [0.3, 0.4) is 0 Å². The van der Waals surface area contributed by atoms with Crippen LogP contribution in [0, 0.1) is 0 Å². The van der Waals surface area contributed by atoms with Crippen LogP contribution >= 0.6 is 0 Å². The van der Waals surface area contributed by atoms with Gasteiger partial charge in [-0.25, -0.2) is 4.79 Å². The minimum atomic E-state index is -0.493. The molecule has 4 nitrogen and oxygen atoms in total. The first-order chi connectivity index (χ1) is 10.3. The van der Waals surface area contributed by atoms with Crippen LogP contribution in [0.4, 0.5) is 4.79 Å². The van der Waals surface area contributed by atoms with E-state index in [0.717, 1.165) is 11.1 Å². The van der Waals surface area contributed by atoms with Crippen LogP contribution in [0.2, 0.25) is 0 Å². The molecule has 0 spiro atoms. The molecule has 0 radical (unpaired) electrons. The first-order valence-electron chi connectivity index (χ1n) is 6.75. The Kier molecular flexibility index (Phi) is 3.98. The molecule has 21 heavy (non-hydrogen) atoms. The van der Waals surface area contributed by atoms with Gasteiger partial charge in [-0.2, -0.15) is 5.06 Å². The zero-order valence-electron chi connectivity index (χ0n) is 11.4. The van der Waals surface area contributed by atoms with E-state index in [0.29, 0.717) is 18.9 Å². The summed E-state index contributed by atoms with van der Waals surface area (Å²) in [4.78, 5) is 17.4. The topological polar surface area (TPSA) is 38.8 Å². The molecule has 0 saturated carbocycles. The van der Waals surface area contributed by atoms with Gasteiger partial charge in [0.1, 0.15) is 12.4 Å². The number of cyclic esters (lactones) is 1. The number of hydroxylamine groups is 2. The minimum Gasteiger partial charge on any atom is -0.408 e. The molecule has 2 aromatic carbocycles. The number of benzene rings is 2. The minimum absolute atomic E-state index is 0.338. The zero-order valence-corrected chi connectivity index (χ0v) is 11.4. The molecular weight excluding hydrogens is 266 g/mol. The quantitative estimate of drug-likeness (QED) is 0.859. The molecule has 0 fully saturated rings. The van der Waals surface area contributed by atoms with Crippen molar-refractivity contribution < 1.29 is 14.4 Å². The summed E-state index contributed by atoms with van der Waals surface area (Å²) in [6, 6.07) is 19.2. The van der Waals surface area contributed by atoms with E-state index in [1.54, 1.807) is 0 Å². The summed E-state index contributed by atoms with van der Waals surface area (Å²) in [6.45, 7) is 0.709. The molecule has 1 heterocycles. The van der Waals surface area contributed by atoms with Gasteiger partial charge in [0.05, 0.1) is 6.54 Å². The highest BCUT2D eigenvalue weighted by atomic mass is 16.7. The van der Waals surface area contributed by atoms with Crippen molar-refractivity contribution >= 4 is 11.9 Å². The highest BCUT2D eigenvalue weighted by Crippen LogP contribution is 2.21. The average Bonchev–Trinajstić information content (AvgIpc) is 2.55. The van der Waals surface area contributed by atoms with Gasteiger partial charge >= 0.3 is 6.09 Å². The van der Waals surface area contributed by atoms with Crippen molar-refractivity contribution in [3.8, 4) is 0 Å². The Morgan fingerprint density at radius 3 is 2.33 bits per heavy atom. The fourth-order valence-electron chi connectivity index (χ4n) is 2.04. The van der Waals surface area contributed by atoms with E-state index < -0.39 is 6.09 Å². The van der Waals surface area contributed by atoms with Gasteiger partial charge in [-0.05, 0) is 11.6 Å². The number of hydrogen-bond acceptors (Lipinski definition) is 3. The monoisotopic (exact) mass is 281 g/mol. The van der Waals surface area contributed by atoms with Crippen molar-refractivity contribution in [3.63, 3.8) is 0 Å². The molecule has 1 amide bonds. The zero-order chi connectivity index (χ0) is 14.5. The number of nitrogens with zero attached hydrogens (tertiary/aromatic N) is 1. The van der Waals surface area contributed by atoms with Crippen LogP contribution in [-0.2, 0) is 16.2 Å². The maximum atomic E-state index is 11.9. The Morgan fingerprint density at radius 2 is 1.67 bits per heavy atom. The highest BCUT2D eigenvalue weighted by molar-refractivity contribution is 5.78. The molecule has 2 aromatic rings. The van der Waals surface area contributed by atoms with Gasteiger partial charge in [-0.15, -0.1) is 0 Å².